The lowest BCUT2D eigenvalue weighted by atomic mass is 9.93. The topological polar surface area (TPSA) is 61.4 Å². The second-order valence-corrected chi connectivity index (χ2v) is 9.30. The molecule has 180 valence electrons. The average Bonchev–Trinajstić information content (AvgIpc) is 2.96. The van der Waals surface area contributed by atoms with Crippen molar-refractivity contribution < 1.29 is 9.59 Å². The van der Waals surface area contributed by atoms with Gasteiger partial charge in [-0.25, -0.2) is 0 Å². The van der Waals surface area contributed by atoms with Crippen LogP contribution >= 0.6 is 12.4 Å². The zero-order valence-electron chi connectivity index (χ0n) is 20.2. The summed E-state index contributed by atoms with van der Waals surface area (Å²) >= 11 is 0. The summed E-state index contributed by atoms with van der Waals surface area (Å²) in [5, 5.41) is 10.4. The normalized spacial score (nSPS) is 18.5. The molecule has 2 amide bonds. The predicted octanol–water partition coefficient (Wildman–Crippen LogP) is 5.51. The Balaban J connectivity index is 0.00000289. The highest BCUT2D eigenvalue weighted by Crippen LogP contribution is 2.40. The van der Waals surface area contributed by atoms with Crippen molar-refractivity contribution in [1.82, 2.24) is 10.6 Å². The minimum absolute atomic E-state index is 0. The van der Waals surface area contributed by atoms with Crippen molar-refractivity contribution >= 4 is 57.1 Å². The van der Waals surface area contributed by atoms with E-state index < -0.39 is 11.6 Å². The molecule has 1 aliphatic heterocycles. The summed E-state index contributed by atoms with van der Waals surface area (Å²) in [6.07, 6.45) is 1.21. The first-order chi connectivity index (χ1) is 16.4. The van der Waals surface area contributed by atoms with Gasteiger partial charge in [-0.05, 0) is 79.7 Å². The van der Waals surface area contributed by atoms with E-state index in [2.05, 4.69) is 47.0 Å². The number of amides is 2. The number of carbonyl (C=O) groups excluding carboxylic acids is 2. The fourth-order valence-electron chi connectivity index (χ4n) is 4.80. The van der Waals surface area contributed by atoms with E-state index in [9.17, 15) is 9.59 Å². The maximum Gasteiger partial charge on any atom is 0.257 e. The third-order valence-electron chi connectivity index (χ3n) is 6.99. The molecular formula is C29H30ClN3O2. The van der Waals surface area contributed by atoms with E-state index >= 15 is 0 Å². The third kappa shape index (κ3) is 4.38. The van der Waals surface area contributed by atoms with Crippen LogP contribution in [0.4, 0.5) is 11.4 Å². The summed E-state index contributed by atoms with van der Waals surface area (Å²) in [4.78, 5) is 28.9. The second kappa shape index (κ2) is 9.68. The van der Waals surface area contributed by atoms with Gasteiger partial charge >= 0.3 is 0 Å². The molecule has 35 heavy (non-hydrogen) atoms. The lowest BCUT2D eigenvalue weighted by Gasteiger charge is -2.34. The maximum absolute atomic E-state index is 14.3. The lowest BCUT2D eigenvalue weighted by Crippen LogP contribution is -2.59. The third-order valence-corrected chi connectivity index (χ3v) is 6.99. The summed E-state index contributed by atoms with van der Waals surface area (Å²) in [6, 6.07) is 26.3. The van der Waals surface area contributed by atoms with E-state index in [0.717, 1.165) is 38.5 Å². The lowest BCUT2D eigenvalue weighted by molar-refractivity contribution is -0.131. The summed E-state index contributed by atoms with van der Waals surface area (Å²) < 4.78 is 0. The van der Waals surface area contributed by atoms with Gasteiger partial charge in [0.25, 0.3) is 5.91 Å². The molecule has 1 heterocycles. The number of nitrogens with zero attached hydrogens (tertiary/aromatic N) is 1. The number of hydrogen-bond acceptors (Lipinski definition) is 3. The van der Waals surface area contributed by atoms with Crippen molar-refractivity contribution in [2.75, 3.05) is 11.9 Å². The SMILES string of the molecule is CNC(C)C(=O)NC1(C)CCc2ccccc2N(c2cccc3cc4ccccc4cc23)C1=O.Cl. The van der Waals surface area contributed by atoms with E-state index in [1.54, 1.807) is 14.0 Å². The number of fused-ring (bicyclic) bond motifs is 3. The van der Waals surface area contributed by atoms with Gasteiger partial charge in [0.15, 0.2) is 0 Å². The minimum atomic E-state index is -1.04. The minimum Gasteiger partial charge on any atom is -0.341 e. The van der Waals surface area contributed by atoms with E-state index in [4.69, 9.17) is 0 Å². The molecular weight excluding hydrogens is 458 g/mol. The number of aryl methyl sites for hydroxylation is 1. The van der Waals surface area contributed by atoms with Crippen LogP contribution in [0.2, 0.25) is 0 Å². The molecule has 0 bridgehead atoms. The first-order valence-electron chi connectivity index (χ1n) is 11.7. The molecule has 0 saturated heterocycles. The van der Waals surface area contributed by atoms with Crippen molar-refractivity contribution in [2.45, 2.75) is 38.3 Å². The van der Waals surface area contributed by atoms with Gasteiger partial charge in [0.1, 0.15) is 5.54 Å². The highest BCUT2D eigenvalue weighted by molar-refractivity contribution is 6.15. The van der Waals surface area contributed by atoms with Crippen LogP contribution in [0.25, 0.3) is 21.5 Å². The Bertz CT molecular complexity index is 1420. The molecule has 0 aliphatic carbocycles. The van der Waals surface area contributed by atoms with Crippen LogP contribution in [0.5, 0.6) is 0 Å². The Morgan fingerprint density at radius 2 is 1.54 bits per heavy atom. The number of halogens is 1. The van der Waals surface area contributed by atoms with Crippen LogP contribution in [-0.4, -0.2) is 30.4 Å². The van der Waals surface area contributed by atoms with Gasteiger partial charge in [-0.3, -0.25) is 14.5 Å². The van der Waals surface area contributed by atoms with Crippen LogP contribution in [0, 0.1) is 0 Å². The number of rotatable bonds is 4. The van der Waals surface area contributed by atoms with Crippen LogP contribution in [0.1, 0.15) is 25.8 Å². The van der Waals surface area contributed by atoms with Crippen LogP contribution in [0.15, 0.2) is 78.9 Å². The molecule has 1 aliphatic rings. The molecule has 0 saturated carbocycles. The van der Waals surface area contributed by atoms with Gasteiger partial charge < -0.3 is 10.6 Å². The van der Waals surface area contributed by atoms with E-state index in [1.165, 1.54) is 0 Å². The summed E-state index contributed by atoms with van der Waals surface area (Å²) in [7, 11) is 1.74. The van der Waals surface area contributed by atoms with Gasteiger partial charge in [0.05, 0.1) is 17.4 Å². The molecule has 0 fully saturated rings. The fourth-order valence-corrected chi connectivity index (χ4v) is 4.80. The van der Waals surface area contributed by atoms with E-state index in [1.807, 2.05) is 54.3 Å². The van der Waals surface area contributed by atoms with Gasteiger partial charge in [-0.2, -0.15) is 0 Å². The quantitative estimate of drug-likeness (QED) is 0.373. The van der Waals surface area contributed by atoms with Gasteiger partial charge in [-0.1, -0.05) is 54.6 Å². The standard InChI is InChI=1S/C29H29N3O2.ClH/c1-19(30-3)27(33)31-29(2)16-15-20-9-6-7-13-25(20)32(28(29)34)26-14-8-12-23-17-21-10-4-5-11-22(21)18-24(23)26;/h4-14,17-19,30H,15-16H2,1-3H3,(H,31,33);1H. The Morgan fingerprint density at radius 1 is 0.914 bits per heavy atom. The number of hydrogen-bond donors (Lipinski definition) is 2. The largest absolute Gasteiger partial charge is 0.341 e. The number of para-hydroxylation sites is 1. The molecule has 4 aromatic rings. The number of carbonyl (C=O) groups is 2. The highest BCUT2D eigenvalue weighted by Gasteiger charge is 2.42. The molecule has 0 aromatic heterocycles. The van der Waals surface area contributed by atoms with Crippen molar-refractivity contribution in [3.05, 3.63) is 84.4 Å². The van der Waals surface area contributed by atoms with E-state index in [-0.39, 0.29) is 24.2 Å². The van der Waals surface area contributed by atoms with Crippen molar-refractivity contribution in [2.24, 2.45) is 0 Å². The molecule has 4 aromatic carbocycles. The molecule has 6 heteroatoms. The fraction of sp³-hybridized carbons (Fsp3) is 0.241. The van der Waals surface area contributed by atoms with Crippen LogP contribution in [0.3, 0.4) is 0 Å². The zero-order chi connectivity index (χ0) is 23.9. The molecule has 2 N–H and O–H groups in total. The Kier molecular flexibility index (Phi) is 6.84. The molecule has 5 nitrogen and oxygen atoms in total. The number of anilines is 2. The highest BCUT2D eigenvalue weighted by atomic mass is 35.5. The summed E-state index contributed by atoms with van der Waals surface area (Å²) in [6.45, 7) is 3.64. The molecule has 0 radical (unpaired) electrons. The van der Waals surface area contributed by atoms with Gasteiger partial charge in [0.2, 0.25) is 5.91 Å². The van der Waals surface area contributed by atoms with Crippen LogP contribution < -0.4 is 15.5 Å². The smallest absolute Gasteiger partial charge is 0.257 e. The Hall–Kier alpha value is -3.41. The molecule has 0 spiro atoms. The molecule has 2 unspecified atom stereocenters. The van der Waals surface area contributed by atoms with Gasteiger partial charge in [0, 0.05) is 5.39 Å². The Labute approximate surface area is 211 Å². The zero-order valence-corrected chi connectivity index (χ0v) is 21.0. The monoisotopic (exact) mass is 487 g/mol. The van der Waals surface area contributed by atoms with Crippen LogP contribution in [-0.2, 0) is 16.0 Å². The first kappa shape index (κ1) is 24.7. The van der Waals surface area contributed by atoms with Crippen molar-refractivity contribution in [3.63, 3.8) is 0 Å². The maximum atomic E-state index is 14.3. The first-order valence-corrected chi connectivity index (χ1v) is 11.7. The van der Waals surface area contributed by atoms with Gasteiger partial charge in [-0.15, -0.1) is 12.4 Å². The number of nitrogens with one attached hydrogen (secondary N) is 2. The summed E-state index contributed by atoms with van der Waals surface area (Å²) in [5.74, 6) is -0.317. The predicted molar refractivity (Wildman–Crippen MR) is 146 cm³/mol. The van der Waals surface area contributed by atoms with Crippen molar-refractivity contribution in [3.8, 4) is 0 Å². The number of likely N-dealkylation sites (N-methyl/N-ethyl adjacent to an activating group) is 1. The Morgan fingerprint density at radius 3 is 2.29 bits per heavy atom. The average molecular weight is 488 g/mol. The number of benzene rings is 4. The van der Waals surface area contributed by atoms with E-state index in [0.29, 0.717) is 12.8 Å². The summed E-state index contributed by atoms with van der Waals surface area (Å²) in [5.41, 5.74) is 1.74. The van der Waals surface area contributed by atoms with Crippen molar-refractivity contribution in [1.29, 1.82) is 0 Å². The molecule has 2 atom stereocenters. The molecule has 5 rings (SSSR count). The second-order valence-electron chi connectivity index (χ2n) is 9.30.